The monoisotopic (exact) mass is 240 g/mol. The van der Waals surface area contributed by atoms with E-state index in [0.717, 1.165) is 12.8 Å². The van der Waals surface area contributed by atoms with Crippen LogP contribution in [-0.4, -0.2) is 24.5 Å². The summed E-state index contributed by atoms with van der Waals surface area (Å²) in [5, 5.41) is 2.59. The molecule has 0 heterocycles. The van der Waals surface area contributed by atoms with Crippen LogP contribution in [0.4, 0.5) is 0 Å². The summed E-state index contributed by atoms with van der Waals surface area (Å²) >= 11 is 0. The SMILES string of the molecule is CN(C)C(c1ccc2ccccc2c1)C1(N)CC1. The zero-order valence-electron chi connectivity index (χ0n) is 11.1. The second-order valence-corrected chi connectivity index (χ2v) is 5.71. The van der Waals surface area contributed by atoms with Crippen LogP contribution < -0.4 is 5.73 Å². The second-order valence-electron chi connectivity index (χ2n) is 5.71. The number of hydrogen-bond donors (Lipinski definition) is 1. The van der Waals surface area contributed by atoms with Crippen molar-refractivity contribution in [3.05, 3.63) is 48.0 Å². The molecule has 18 heavy (non-hydrogen) atoms. The van der Waals surface area contributed by atoms with Gasteiger partial charge >= 0.3 is 0 Å². The Balaban J connectivity index is 2.07. The first-order valence-electron chi connectivity index (χ1n) is 6.54. The van der Waals surface area contributed by atoms with E-state index in [1.165, 1.54) is 16.3 Å². The third kappa shape index (κ3) is 1.92. The van der Waals surface area contributed by atoms with E-state index in [0.29, 0.717) is 6.04 Å². The maximum Gasteiger partial charge on any atom is 0.0523 e. The molecule has 94 valence electrons. The molecule has 1 fully saturated rings. The van der Waals surface area contributed by atoms with E-state index in [1.807, 2.05) is 0 Å². The van der Waals surface area contributed by atoms with Crippen molar-refractivity contribution in [3.8, 4) is 0 Å². The van der Waals surface area contributed by atoms with E-state index in [2.05, 4.69) is 61.5 Å². The number of benzene rings is 2. The molecule has 2 nitrogen and oxygen atoms in total. The molecule has 2 N–H and O–H groups in total. The van der Waals surface area contributed by atoms with E-state index in [9.17, 15) is 0 Å². The maximum absolute atomic E-state index is 6.43. The molecule has 0 aromatic heterocycles. The van der Waals surface area contributed by atoms with Crippen molar-refractivity contribution in [1.82, 2.24) is 4.90 Å². The van der Waals surface area contributed by atoms with Crippen LogP contribution in [0.3, 0.4) is 0 Å². The van der Waals surface area contributed by atoms with Gasteiger partial charge in [-0.05, 0) is 49.3 Å². The smallest absolute Gasteiger partial charge is 0.0523 e. The first-order chi connectivity index (χ1) is 8.60. The Bertz CT molecular complexity index is 570. The van der Waals surface area contributed by atoms with Crippen LogP contribution in [0.2, 0.25) is 0 Å². The van der Waals surface area contributed by atoms with E-state index < -0.39 is 0 Å². The topological polar surface area (TPSA) is 29.3 Å². The Labute approximate surface area is 108 Å². The Hall–Kier alpha value is -1.38. The van der Waals surface area contributed by atoms with Crippen molar-refractivity contribution < 1.29 is 0 Å². The lowest BCUT2D eigenvalue weighted by molar-refractivity contribution is 0.246. The van der Waals surface area contributed by atoms with E-state index >= 15 is 0 Å². The summed E-state index contributed by atoms with van der Waals surface area (Å²) in [6, 6.07) is 15.5. The van der Waals surface area contributed by atoms with Crippen LogP contribution in [0.25, 0.3) is 10.8 Å². The first kappa shape index (κ1) is 11.7. The van der Waals surface area contributed by atoms with Gasteiger partial charge in [-0.25, -0.2) is 0 Å². The van der Waals surface area contributed by atoms with Gasteiger partial charge in [0.25, 0.3) is 0 Å². The molecule has 1 unspecified atom stereocenters. The number of fused-ring (bicyclic) bond motifs is 1. The molecule has 0 spiro atoms. The number of nitrogens with zero attached hydrogens (tertiary/aromatic N) is 1. The summed E-state index contributed by atoms with van der Waals surface area (Å²) in [6.07, 6.45) is 2.26. The van der Waals surface area contributed by atoms with Crippen LogP contribution in [0.1, 0.15) is 24.4 Å². The normalized spacial score (nSPS) is 19.1. The lowest BCUT2D eigenvalue weighted by atomic mass is 9.94. The minimum Gasteiger partial charge on any atom is -0.323 e. The molecular formula is C16H20N2. The molecule has 0 amide bonds. The molecule has 3 rings (SSSR count). The van der Waals surface area contributed by atoms with Gasteiger partial charge in [-0.1, -0.05) is 36.4 Å². The average Bonchev–Trinajstić information content (AvgIpc) is 3.07. The van der Waals surface area contributed by atoms with Crippen LogP contribution >= 0.6 is 0 Å². The molecule has 2 heteroatoms. The predicted octanol–water partition coefficient (Wildman–Crippen LogP) is 2.93. The van der Waals surface area contributed by atoms with Gasteiger partial charge in [0.1, 0.15) is 0 Å². The molecule has 1 aliphatic rings. The molecule has 2 aromatic carbocycles. The highest BCUT2D eigenvalue weighted by Gasteiger charge is 2.47. The lowest BCUT2D eigenvalue weighted by Crippen LogP contribution is -2.39. The van der Waals surface area contributed by atoms with Gasteiger partial charge in [0, 0.05) is 5.54 Å². The van der Waals surface area contributed by atoms with Gasteiger partial charge in [-0.3, -0.25) is 0 Å². The van der Waals surface area contributed by atoms with Gasteiger partial charge in [-0.15, -0.1) is 0 Å². The first-order valence-corrected chi connectivity index (χ1v) is 6.54. The Morgan fingerprint density at radius 3 is 2.33 bits per heavy atom. The van der Waals surface area contributed by atoms with Gasteiger partial charge in [0.05, 0.1) is 6.04 Å². The third-order valence-corrected chi connectivity index (χ3v) is 3.98. The van der Waals surface area contributed by atoms with E-state index in [4.69, 9.17) is 5.73 Å². The van der Waals surface area contributed by atoms with Crippen LogP contribution in [0, 0.1) is 0 Å². The van der Waals surface area contributed by atoms with Crippen LogP contribution in [0.15, 0.2) is 42.5 Å². The lowest BCUT2D eigenvalue weighted by Gasteiger charge is -2.30. The number of likely N-dealkylation sites (N-methyl/N-ethyl adjacent to an activating group) is 1. The fraction of sp³-hybridized carbons (Fsp3) is 0.375. The van der Waals surface area contributed by atoms with Gasteiger partial charge < -0.3 is 10.6 Å². The van der Waals surface area contributed by atoms with Crippen LogP contribution in [-0.2, 0) is 0 Å². The summed E-state index contributed by atoms with van der Waals surface area (Å²) in [4.78, 5) is 2.25. The van der Waals surface area contributed by atoms with Gasteiger partial charge in [0.2, 0.25) is 0 Å². The van der Waals surface area contributed by atoms with Gasteiger partial charge in [0.15, 0.2) is 0 Å². The largest absolute Gasteiger partial charge is 0.323 e. The van der Waals surface area contributed by atoms with Crippen molar-refractivity contribution in [2.75, 3.05) is 14.1 Å². The quantitative estimate of drug-likeness (QED) is 0.893. The Morgan fingerprint density at radius 2 is 1.72 bits per heavy atom. The molecule has 1 saturated carbocycles. The average molecular weight is 240 g/mol. The highest BCUT2D eigenvalue weighted by Crippen LogP contribution is 2.46. The summed E-state index contributed by atoms with van der Waals surface area (Å²) < 4.78 is 0. The molecule has 1 atom stereocenters. The molecular weight excluding hydrogens is 220 g/mol. The maximum atomic E-state index is 6.43. The molecule has 2 aromatic rings. The minimum absolute atomic E-state index is 0.0219. The summed E-state index contributed by atoms with van der Waals surface area (Å²) in [6.45, 7) is 0. The van der Waals surface area contributed by atoms with Crippen molar-refractivity contribution in [2.45, 2.75) is 24.4 Å². The predicted molar refractivity (Wildman–Crippen MR) is 76.5 cm³/mol. The van der Waals surface area contributed by atoms with Crippen molar-refractivity contribution in [2.24, 2.45) is 5.73 Å². The second kappa shape index (κ2) is 4.08. The zero-order chi connectivity index (χ0) is 12.8. The summed E-state index contributed by atoms with van der Waals surface area (Å²) in [5.41, 5.74) is 7.74. The molecule has 0 saturated heterocycles. The number of nitrogens with two attached hydrogens (primary N) is 1. The van der Waals surface area contributed by atoms with E-state index in [-0.39, 0.29) is 5.54 Å². The third-order valence-electron chi connectivity index (χ3n) is 3.98. The van der Waals surface area contributed by atoms with Crippen molar-refractivity contribution in [3.63, 3.8) is 0 Å². The van der Waals surface area contributed by atoms with E-state index in [1.54, 1.807) is 0 Å². The molecule has 0 bridgehead atoms. The number of hydrogen-bond acceptors (Lipinski definition) is 2. The van der Waals surface area contributed by atoms with Crippen molar-refractivity contribution >= 4 is 10.8 Å². The fourth-order valence-corrected chi connectivity index (χ4v) is 2.94. The molecule has 1 aliphatic carbocycles. The molecule has 0 aliphatic heterocycles. The van der Waals surface area contributed by atoms with Crippen molar-refractivity contribution in [1.29, 1.82) is 0 Å². The standard InChI is InChI=1S/C16H20N2/c1-18(2)15(16(17)9-10-16)14-8-7-12-5-3-4-6-13(12)11-14/h3-8,11,15H,9-10,17H2,1-2H3. The Morgan fingerprint density at radius 1 is 1.06 bits per heavy atom. The zero-order valence-corrected chi connectivity index (χ0v) is 11.1. The minimum atomic E-state index is -0.0219. The van der Waals surface area contributed by atoms with Crippen LogP contribution in [0.5, 0.6) is 0 Å². The highest BCUT2D eigenvalue weighted by atomic mass is 15.1. The fourth-order valence-electron chi connectivity index (χ4n) is 2.94. The summed E-state index contributed by atoms with van der Waals surface area (Å²) in [5.74, 6) is 0. The number of rotatable bonds is 3. The Kier molecular flexibility index (Phi) is 2.65. The summed E-state index contributed by atoms with van der Waals surface area (Å²) in [7, 11) is 4.24. The molecule has 0 radical (unpaired) electrons. The van der Waals surface area contributed by atoms with Gasteiger partial charge in [-0.2, -0.15) is 0 Å². The highest BCUT2D eigenvalue weighted by molar-refractivity contribution is 5.83.